The van der Waals surface area contributed by atoms with Gasteiger partial charge < -0.3 is 25.3 Å². The summed E-state index contributed by atoms with van der Waals surface area (Å²) in [4.78, 5) is 14.8. The van der Waals surface area contributed by atoms with Crippen molar-refractivity contribution in [2.75, 3.05) is 19.7 Å². The fraction of sp³-hybridized carbons (Fsp3) is 0.375. The van der Waals surface area contributed by atoms with Gasteiger partial charge in [0.1, 0.15) is 12.4 Å². The Kier molecular flexibility index (Phi) is 8.44. The molecule has 2 aromatic carbocycles. The van der Waals surface area contributed by atoms with Crippen molar-refractivity contribution in [3.05, 3.63) is 76.1 Å². The van der Waals surface area contributed by atoms with E-state index in [1.54, 1.807) is 12.1 Å². The van der Waals surface area contributed by atoms with Gasteiger partial charge in [-0.1, -0.05) is 49.2 Å². The summed E-state index contributed by atoms with van der Waals surface area (Å²) < 4.78 is 5.96. The number of aliphatic hydroxyl groups excluding tert-OH is 2. The first-order valence-electron chi connectivity index (χ1n) is 10.5. The number of hydrogen-bond acceptors (Lipinski definition) is 5. The zero-order valence-electron chi connectivity index (χ0n) is 17.1. The molecule has 0 radical (unpaired) electrons. The summed E-state index contributed by atoms with van der Waals surface area (Å²) in [6.45, 7) is 1.88. The number of nitrogens with one attached hydrogen (secondary N) is 2. The van der Waals surface area contributed by atoms with Crippen LogP contribution >= 0.6 is 0 Å². The van der Waals surface area contributed by atoms with Gasteiger partial charge >= 0.3 is 0 Å². The molecule has 1 aromatic heterocycles. The van der Waals surface area contributed by atoms with Crippen LogP contribution in [-0.4, -0.2) is 34.9 Å². The number of aromatic nitrogens is 1. The second-order valence-electron chi connectivity index (χ2n) is 7.40. The van der Waals surface area contributed by atoms with Crippen molar-refractivity contribution < 1.29 is 14.9 Å². The summed E-state index contributed by atoms with van der Waals surface area (Å²) in [6.07, 6.45) is 3.22. The van der Waals surface area contributed by atoms with E-state index in [4.69, 9.17) is 9.84 Å². The van der Waals surface area contributed by atoms with Gasteiger partial charge in [0.25, 0.3) is 0 Å². The van der Waals surface area contributed by atoms with E-state index in [1.165, 1.54) is 6.07 Å². The second-order valence-corrected chi connectivity index (χ2v) is 7.40. The van der Waals surface area contributed by atoms with Crippen molar-refractivity contribution in [3.8, 4) is 5.75 Å². The number of benzene rings is 2. The molecule has 0 fully saturated rings. The number of aromatic amines is 1. The van der Waals surface area contributed by atoms with Gasteiger partial charge in [-0.15, -0.1) is 0 Å². The first-order valence-corrected chi connectivity index (χ1v) is 10.5. The Balaban J connectivity index is 1.67. The van der Waals surface area contributed by atoms with Crippen LogP contribution in [0, 0.1) is 0 Å². The van der Waals surface area contributed by atoms with Crippen molar-refractivity contribution in [1.29, 1.82) is 0 Å². The molecule has 0 spiro atoms. The summed E-state index contributed by atoms with van der Waals surface area (Å²) >= 11 is 0. The molecule has 160 valence electrons. The standard InChI is InChI=1S/C24H30N2O4/c27-15-7-2-1-6-14-25-16-21(28)19-10-12-22(24-20(19)11-13-23(29)26-24)30-17-18-8-4-3-5-9-18/h3-5,8-13,21,25,27-28H,1-2,6-7,14-17H2,(H,26,29). The quantitative estimate of drug-likeness (QED) is 0.344. The zero-order valence-corrected chi connectivity index (χ0v) is 17.1. The van der Waals surface area contributed by atoms with Crippen LogP contribution in [0.2, 0.25) is 0 Å². The first-order chi connectivity index (χ1) is 14.7. The maximum absolute atomic E-state index is 11.9. The number of aliphatic hydroxyl groups is 2. The van der Waals surface area contributed by atoms with Crippen LogP contribution in [0.15, 0.2) is 59.4 Å². The Morgan fingerprint density at radius 3 is 2.57 bits per heavy atom. The molecule has 0 aliphatic rings. The van der Waals surface area contributed by atoms with Crippen molar-refractivity contribution in [3.63, 3.8) is 0 Å². The summed E-state index contributed by atoms with van der Waals surface area (Å²) in [6, 6.07) is 16.7. The highest BCUT2D eigenvalue weighted by atomic mass is 16.5. The molecule has 3 aromatic rings. The average molecular weight is 411 g/mol. The molecule has 0 bridgehead atoms. The molecule has 6 heteroatoms. The van der Waals surface area contributed by atoms with E-state index >= 15 is 0 Å². The molecule has 4 N–H and O–H groups in total. The van der Waals surface area contributed by atoms with Gasteiger partial charge in [0.2, 0.25) is 5.56 Å². The second kappa shape index (κ2) is 11.5. The van der Waals surface area contributed by atoms with Crippen molar-refractivity contribution in [1.82, 2.24) is 10.3 Å². The molecule has 1 unspecified atom stereocenters. The van der Waals surface area contributed by atoms with E-state index < -0.39 is 6.10 Å². The fourth-order valence-corrected chi connectivity index (χ4v) is 3.46. The van der Waals surface area contributed by atoms with Crippen molar-refractivity contribution >= 4 is 10.9 Å². The number of unbranched alkanes of at least 4 members (excludes halogenated alkanes) is 3. The third kappa shape index (κ3) is 6.16. The van der Waals surface area contributed by atoms with Crippen molar-refractivity contribution in [2.24, 2.45) is 0 Å². The monoisotopic (exact) mass is 410 g/mol. The van der Waals surface area contributed by atoms with E-state index in [-0.39, 0.29) is 12.2 Å². The first kappa shape index (κ1) is 22.0. The molecule has 0 aliphatic heterocycles. The van der Waals surface area contributed by atoms with E-state index in [0.29, 0.717) is 24.4 Å². The molecule has 0 saturated heterocycles. The lowest BCUT2D eigenvalue weighted by molar-refractivity contribution is 0.176. The highest BCUT2D eigenvalue weighted by molar-refractivity contribution is 5.87. The van der Waals surface area contributed by atoms with Crippen LogP contribution in [0.25, 0.3) is 10.9 Å². The molecule has 1 atom stereocenters. The fourth-order valence-electron chi connectivity index (χ4n) is 3.46. The average Bonchev–Trinajstić information content (AvgIpc) is 2.77. The third-order valence-corrected chi connectivity index (χ3v) is 5.09. The van der Waals surface area contributed by atoms with E-state index in [2.05, 4.69) is 10.3 Å². The van der Waals surface area contributed by atoms with Gasteiger partial charge in [-0.05, 0) is 42.6 Å². The van der Waals surface area contributed by atoms with Gasteiger partial charge in [-0.2, -0.15) is 0 Å². The highest BCUT2D eigenvalue weighted by Crippen LogP contribution is 2.30. The predicted molar refractivity (Wildman–Crippen MR) is 119 cm³/mol. The van der Waals surface area contributed by atoms with E-state index in [1.807, 2.05) is 36.4 Å². The molecule has 3 rings (SSSR count). The van der Waals surface area contributed by atoms with Gasteiger partial charge in [0.05, 0.1) is 11.6 Å². The number of fused-ring (bicyclic) bond motifs is 1. The Hall–Kier alpha value is -2.67. The molecule has 6 nitrogen and oxygen atoms in total. The van der Waals surface area contributed by atoms with Crippen LogP contribution in [0.3, 0.4) is 0 Å². The Morgan fingerprint density at radius 2 is 1.77 bits per heavy atom. The molecular formula is C24H30N2O4. The highest BCUT2D eigenvalue weighted by Gasteiger charge is 2.15. The topological polar surface area (TPSA) is 94.6 Å². The zero-order chi connectivity index (χ0) is 21.2. The number of H-pyrrole nitrogens is 1. The van der Waals surface area contributed by atoms with Gasteiger partial charge in [-0.25, -0.2) is 0 Å². The minimum absolute atomic E-state index is 0.209. The molecule has 0 aliphatic carbocycles. The molecule has 1 heterocycles. The number of hydrogen-bond donors (Lipinski definition) is 4. The minimum Gasteiger partial charge on any atom is -0.487 e. The number of pyridine rings is 1. The van der Waals surface area contributed by atoms with Crippen LogP contribution in [0.4, 0.5) is 0 Å². The lowest BCUT2D eigenvalue weighted by atomic mass is 10.0. The van der Waals surface area contributed by atoms with Crippen LogP contribution in [0.1, 0.15) is 42.9 Å². The number of rotatable bonds is 12. The summed E-state index contributed by atoms with van der Waals surface area (Å²) in [7, 11) is 0. The van der Waals surface area contributed by atoms with Gasteiger partial charge in [-0.3, -0.25) is 4.79 Å². The Bertz CT molecular complexity index is 972. The number of ether oxygens (including phenoxy) is 1. The van der Waals surface area contributed by atoms with E-state index in [0.717, 1.165) is 48.7 Å². The van der Waals surface area contributed by atoms with Crippen LogP contribution < -0.4 is 15.6 Å². The Labute approximate surface area is 176 Å². The van der Waals surface area contributed by atoms with Gasteiger partial charge in [0.15, 0.2) is 0 Å². The lowest BCUT2D eigenvalue weighted by Gasteiger charge is -2.17. The summed E-state index contributed by atoms with van der Waals surface area (Å²) in [5.74, 6) is 0.583. The maximum Gasteiger partial charge on any atom is 0.248 e. The van der Waals surface area contributed by atoms with Crippen LogP contribution in [-0.2, 0) is 6.61 Å². The molecule has 0 amide bonds. The smallest absolute Gasteiger partial charge is 0.248 e. The Morgan fingerprint density at radius 1 is 0.967 bits per heavy atom. The third-order valence-electron chi connectivity index (χ3n) is 5.09. The lowest BCUT2D eigenvalue weighted by Crippen LogP contribution is -2.23. The molecule has 0 saturated carbocycles. The minimum atomic E-state index is -0.695. The normalized spacial score (nSPS) is 12.2. The van der Waals surface area contributed by atoms with Crippen molar-refractivity contribution in [2.45, 2.75) is 38.4 Å². The van der Waals surface area contributed by atoms with Gasteiger partial charge in [0, 0.05) is 24.6 Å². The summed E-state index contributed by atoms with van der Waals surface area (Å²) in [5, 5.41) is 23.6. The largest absolute Gasteiger partial charge is 0.487 e. The maximum atomic E-state index is 11.9. The molecular weight excluding hydrogens is 380 g/mol. The molecule has 30 heavy (non-hydrogen) atoms. The van der Waals surface area contributed by atoms with Crippen LogP contribution in [0.5, 0.6) is 5.75 Å². The SMILES string of the molecule is O=c1ccc2c(C(O)CNCCCCCCO)ccc(OCc3ccccc3)c2[nH]1. The van der Waals surface area contributed by atoms with E-state index in [9.17, 15) is 9.90 Å². The predicted octanol–water partition coefficient (Wildman–Crippen LogP) is 3.28. The summed E-state index contributed by atoms with van der Waals surface area (Å²) in [5.41, 5.74) is 2.18.